The van der Waals surface area contributed by atoms with Gasteiger partial charge in [-0.05, 0) is 43.4 Å². The molecule has 23 heavy (non-hydrogen) atoms. The third-order valence-electron chi connectivity index (χ3n) is 5.02. The lowest BCUT2D eigenvalue weighted by Gasteiger charge is -2.42. The minimum absolute atomic E-state index is 0.0290. The molecule has 1 aromatic rings. The first-order chi connectivity index (χ1) is 10.9. The Balaban J connectivity index is 1.62. The predicted octanol–water partition coefficient (Wildman–Crippen LogP) is 3.48. The lowest BCUT2D eigenvalue weighted by molar-refractivity contribution is -0.141. The normalized spacial score (nSPS) is 26.4. The van der Waals surface area contributed by atoms with Gasteiger partial charge in [0.2, 0.25) is 0 Å². The molecule has 2 fully saturated rings. The molecule has 0 spiro atoms. The highest BCUT2D eigenvalue weighted by Crippen LogP contribution is 2.44. The van der Waals surface area contributed by atoms with Gasteiger partial charge < -0.3 is 5.11 Å². The average molecular weight is 328 g/mol. The zero-order valence-electron chi connectivity index (χ0n) is 13.1. The summed E-state index contributed by atoms with van der Waals surface area (Å²) < 4.78 is 37.7. The molecule has 0 radical (unpaired) electrons. The van der Waals surface area contributed by atoms with Crippen molar-refractivity contribution < 1.29 is 18.3 Å². The van der Waals surface area contributed by atoms with E-state index in [9.17, 15) is 18.3 Å². The molecule has 1 aliphatic carbocycles. The summed E-state index contributed by atoms with van der Waals surface area (Å²) >= 11 is 0. The maximum atomic E-state index is 12.6. The number of pyridine rings is 1. The van der Waals surface area contributed by atoms with Gasteiger partial charge in [-0.25, -0.2) is 0 Å². The second-order valence-corrected chi connectivity index (χ2v) is 7.17. The smallest absolute Gasteiger partial charge is 0.396 e. The molecular formula is C17H23F3N2O. The largest absolute Gasteiger partial charge is 0.433 e. The topological polar surface area (TPSA) is 36.4 Å². The molecule has 1 unspecified atom stereocenters. The van der Waals surface area contributed by atoms with Crippen molar-refractivity contribution in [3.05, 3.63) is 29.6 Å². The molecule has 1 N–H and O–H groups in total. The molecule has 0 bridgehead atoms. The number of likely N-dealkylation sites (tertiary alicyclic amines) is 1. The first kappa shape index (κ1) is 16.7. The number of aliphatic hydroxyl groups excluding tert-OH is 1. The Morgan fingerprint density at radius 3 is 2.65 bits per heavy atom. The van der Waals surface area contributed by atoms with E-state index in [1.807, 2.05) is 0 Å². The van der Waals surface area contributed by atoms with E-state index >= 15 is 0 Å². The molecule has 1 aromatic heterocycles. The maximum absolute atomic E-state index is 12.6. The first-order valence-corrected chi connectivity index (χ1v) is 8.26. The van der Waals surface area contributed by atoms with Crippen LogP contribution in [0.3, 0.4) is 0 Å². The highest BCUT2D eigenvalue weighted by atomic mass is 19.4. The van der Waals surface area contributed by atoms with Crippen LogP contribution in [0.4, 0.5) is 13.2 Å². The van der Waals surface area contributed by atoms with Gasteiger partial charge in [0.25, 0.3) is 0 Å². The molecule has 0 amide bonds. The Kier molecular flexibility index (Phi) is 4.65. The highest BCUT2D eigenvalue weighted by Gasteiger charge is 2.39. The Hall–Kier alpha value is -1.14. The van der Waals surface area contributed by atoms with Gasteiger partial charge in [-0.3, -0.25) is 9.88 Å². The van der Waals surface area contributed by atoms with Crippen LogP contribution in [0.25, 0.3) is 0 Å². The van der Waals surface area contributed by atoms with Crippen LogP contribution < -0.4 is 0 Å². The van der Waals surface area contributed by atoms with Crippen LogP contribution in [0, 0.1) is 11.3 Å². The van der Waals surface area contributed by atoms with Crippen LogP contribution in [0.2, 0.25) is 0 Å². The van der Waals surface area contributed by atoms with Crippen molar-refractivity contribution in [2.45, 2.75) is 44.8 Å². The van der Waals surface area contributed by atoms with Crippen molar-refractivity contribution in [3.8, 4) is 0 Å². The molecular weight excluding hydrogens is 305 g/mol. The minimum atomic E-state index is -4.39. The molecule has 3 rings (SSSR count). The Morgan fingerprint density at radius 2 is 2.09 bits per heavy atom. The molecule has 3 nitrogen and oxygen atoms in total. The summed E-state index contributed by atoms with van der Waals surface area (Å²) in [5.41, 5.74) is -0.0878. The van der Waals surface area contributed by atoms with Crippen LogP contribution in [0.1, 0.15) is 43.4 Å². The zero-order chi connectivity index (χ0) is 16.5. The second kappa shape index (κ2) is 6.40. The summed E-state index contributed by atoms with van der Waals surface area (Å²) in [4.78, 5) is 5.77. The number of halogens is 3. The number of hydrogen-bond donors (Lipinski definition) is 1. The molecule has 1 atom stereocenters. The van der Waals surface area contributed by atoms with E-state index in [-0.39, 0.29) is 12.0 Å². The summed E-state index contributed by atoms with van der Waals surface area (Å²) in [6, 6.07) is 2.55. The number of alkyl halides is 3. The van der Waals surface area contributed by atoms with Gasteiger partial charge in [-0.1, -0.05) is 18.9 Å². The summed E-state index contributed by atoms with van der Waals surface area (Å²) in [6.07, 6.45) is 2.61. The maximum Gasteiger partial charge on any atom is 0.433 e. The van der Waals surface area contributed by atoms with Gasteiger partial charge in [0, 0.05) is 31.3 Å². The Bertz CT molecular complexity index is 528. The minimum Gasteiger partial charge on any atom is -0.396 e. The Morgan fingerprint density at radius 1 is 1.30 bits per heavy atom. The summed E-state index contributed by atoms with van der Waals surface area (Å²) in [7, 11) is 0. The standard InChI is InChI=1S/C17H23F3N2O/c18-17(19,20)15-5-4-14(9-21-15)10-22-7-1-6-16(11-22,12-23)8-13-2-3-13/h4-5,9,13,23H,1-3,6-8,10-12H2. The number of piperidine rings is 1. The average Bonchev–Trinajstić information content (AvgIpc) is 3.31. The molecule has 1 saturated carbocycles. The predicted molar refractivity (Wildman–Crippen MR) is 80.6 cm³/mol. The summed E-state index contributed by atoms with van der Waals surface area (Å²) in [6.45, 7) is 2.54. The van der Waals surface area contributed by atoms with Gasteiger partial charge in [0.1, 0.15) is 5.69 Å². The van der Waals surface area contributed by atoms with Crippen molar-refractivity contribution >= 4 is 0 Å². The zero-order valence-corrected chi connectivity index (χ0v) is 13.1. The van der Waals surface area contributed by atoms with Crippen molar-refractivity contribution in [3.63, 3.8) is 0 Å². The fourth-order valence-corrected chi connectivity index (χ4v) is 3.68. The fourth-order valence-electron chi connectivity index (χ4n) is 3.68. The van der Waals surface area contributed by atoms with Crippen LogP contribution >= 0.6 is 0 Å². The molecule has 2 aliphatic rings. The van der Waals surface area contributed by atoms with Gasteiger partial charge in [-0.15, -0.1) is 0 Å². The quantitative estimate of drug-likeness (QED) is 0.899. The molecule has 1 saturated heterocycles. The van der Waals surface area contributed by atoms with E-state index in [1.165, 1.54) is 25.1 Å². The van der Waals surface area contributed by atoms with Gasteiger partial charge >= 0.3 is 6.18 Å². The van der Waals surface area contributed by atoms with Crippen molar-refractivity contribution in [2.75, 3.05) is 19.7 Å². The van der Waals surface area contributed by atoms with E-state index in [1.54, 1.807) is 0 Å². The molecule has 2 heterocycles. The fraction of sp³-hybridized carbons (Fsp3) is 0.706. The van der Waals surface area contributed by atoms with Crippen molar-refractivity contribution in [1.29, 1.82) is 0 Å². The lowest BCUT2D eigenvalue weighted by atomic mass is 9.76. The highest BCUT2D eigenvalue weighted by molar-refractivity contribution is 5.16. The van der Waals surface area contributed by atoms with Crippen LogP contribution in [-0.4, -0.2) is 34.7 Å². The van der Waals surface area contributed by atoms with Crippen molar-refractivity contribution in [2.24, 2.45) is 11.3 Å². The lowest BCUT2D eigenvalue weighted by Crippen LogP contribution is -2.45. The van der Waals surface area contributed by atoms with Crippen LogP contribution in [0.15, 0.2) is 18.3 Å². The summed E-state index contributed by atoms with van der Waals surface area (Å²) in [5.74, 6) is 0.759. The van der Waals surface area contributed by atoms with E-state index in [0.29, 0.717) is 6.54 Å². The third-order valence-corrected chi connectivity index (χ3v) is 5.02. The number of hydrogen-bond acceptors (Lipinski definition) is 3. The monoisotopic (exact) mass is 328 g/mol. The van der Waals surface area contributed by atoms with Gasteiger partial charge in [0.05, 0.1) is 0 Å². The number of nitrogens with zero attached hydrogens (tertiary/aromatic N) is 2. The molecule has 0 aromatic carbocycles. The summed E-state index contributed by atoms with van der Waals surface area (Å²) in [5, 5.41) is 9.86. The second-order valence-electron chi connectivity index (χ2n) is 7.17. The number of aromatic nitrogens is 1. The van der Waals surface area contributed by atoms with Crippen LogP contribution in [0.5, 0.6) is 0 Å². The third kappa shape index (κ3) is 4.23. The SMILES string of the molecule is OCC1(CC2CC2)CCCN(Cc2ccc(C(F)(F)F)nc2)C1. The van der Waals surface area contributed by atoms with E-state index in [4.69, 9.17) is 0 Å². The first-order valence-electron chi connectivity index (χ1n) is 8.26. The van der Waals surface area contributed by atoms with Crippen LogP contribution in [-0.2, 0) is 12.7 Å². The Labute approximate surface area is 134 Å². The van der Waals surface area contributed by atoms with E-state index in [0.717, 1.165) is 49.9 Å². The number of rotatable bonds is 5. The van der Waals surface area contributed by atoms with Crippen molar-refractivity contribution in [1.82, 2.24) is 9.88 Å². The molecule has 1 aliphatic heterocycles. The van der Waals surface area contributed by atoms with E-state index < -0.39 is 11.9 Å². The molecule has 128 valence electrons. The van der Waals surface area contributed by atoms with Gasteiger partial charge in [0.15, 0.2) is 0 Å². The molecule has 6 heteroatoms. The van der Waals surface area contributed by atoms with E-state index in [2.05, 4.69) is 9.88 Å². The van der Waals surface area contributed by atoms with Gasteiger partial charge in [-0.2, -0.15) is 13.2 Å². The number of aliphatic hydroxyl groups is 1.